The molecule has 2 amide bonds. The summed E-state index contributed by atoms with van der Waals surface area (Å²) >= 11 is 1.80. The van der Waals surface area contributed by atoms with Crippen LogP contribution >= 0.6 is 11.8 Å². The second-order valence-corrected chi connectivity index (χ2v) is 3.88. The van der Waals surface area contributed by atoms with E-state index < -0.39 is 5.97 Å². The molecule has 6 heteroatoms. The summed E-state index contributed by atoms with van der Waals surface area (Å²) in [4.78, 5) is 23.0. The summed E-state index contributed by atoms with van der Waals surface area (Å²) in [6.07, 6.45) is 0. The fraction of sp³-hybridized carbons (Fsp3) is 0.714. The van der Waals surface area contributed by atoms with Crippen molar-refractivity contribution in [3.63, 3.8) is 0 Å². The Kier molecular flexibility index (Phi) is 3.88. The van der Waals surface area contributed by atoms with E-state index in [1.807, 2.05) is 0 Å². The van der Waals surface area contributed by atoms with Crippen LogP contribution in [0.25, 0.3) is 0 Å². The van der Waals surface area contributed by atoms with Gasteiger partial charge in [-0.15, -0.1) is 0 Å². The van der Waals surface area contributed by atoms with Crippen LogP contribution in [0.5, 0.6) is 0 Å². The van der Waals surface area contributed by atoms with Gasteiger partial charge in [0.2, 0.25) is 0 Å². The second-order valence-electron chi connectivity index (χ2n) is 2.65. The zero-order valence-electron chi connectivity index (χ0n) is 7.15. The van der Waals surface area contributed by atoms with Crippen LogP contribution in [-0.2, 0) is 4.79 Å². The smallest absolute Gasteiger partial charge is 0.323 e. The van der Waals surface area contributed by atoms with Gasteiger partial charge in [0.15, 0.2) is 0 Å². The summed E-state index contributed by atoms with van der Waals surface area (Å²) in [5.74, 6) is 0.848. The summed E-state index contributed by atoms with van der Waals surface area (Å²) in [5.41, 5.74) is 0. The molecule has 0 aromatic carbocycles. The quantitative estimate of drug-likeness (QED) is 0.655. The Labute approximate surface area is 80.5 Å². The maximum Gasteiger partial charge on any atom is 0.323 e. The number of hydrogen-bond acceptors (Lipinski definition) is 3. The monoisotopic (exact) mass is 204 g/mol. The largest absolute Gasteiger partial charge is 0.480 e. The summed E-state index contributed by atoms with van der Waals surface area (Å²) in [5, 5.41) is 10.7. The van der Waals surface area contributed by atoms with Crippen molar-refractivity contribution in [2.75, 3.05) is 31.1 Å². The average molecular weight is 204 g/mol. The van der Waals surface area contributed by atoms with Crippen molar-refractivity contribution in [1.29, 1.82) is 0 Å². The lowest BCUT2D eigenvalue weighted by molar-refractivity contribution is -0.135. The topological polar surface area (TPSA) is 69.6 Å². The van der Waals surface area contributed by atoms with E-state index in [4.69, 9.17) is 5.11 Å². The van der Waals surface area contributed by atoms with Gasteiger partial charge in [0.05, 0.1) is 0 Å². The van der Waals surface area contributed by atoms with E-state index in [0.29, 0.717) is 13.1 Å². The molecule has 0 unspecified atom stereocenters. The highest BCUT2D eigenvalue weighted by molar-refractivity contribution is 7.99. The summed E-state index contributed by atoms with van der Waals surface area (Å²) in [6.45, 7) is 1.11. The lowest BCUT2D eigenvalue weighted by Gasteiger charge is -2.26. The molecule has 0 atom stereocenters. The highest BCUT2D eigenvalue weighted by Gasteiger charge is 2.16. The van der Waals surface area contributed by atoms with Gasteiger partial charge in [-0.2, -0.15) is 11.8 Å². The maximum atomic E-state index is 11.2. The molecule has 1 fully saturated rings. The average Bonchev–Trinajstić information content (AvgIpc) is 2.15. The number of nitrogens with one attached hydrogen (secondary N) is 1. The van der Waals surface area contributed by atoms with Gasteiger partial charge < -0.3 is 15.3 Å². The van der Waals surface area contributed by atoms with Crippen molar-refractivity contribution in [3.8, 4) is 0 Å². The van der Waals surface area contributed by atoms with Crippen LogP contribution in [0.1, 0.15) is 0 Å². The molecule has 0 aromatic heterocycles. The number of carboxylic acid groups (broad SMARTS) is 1. The van der Waals surface area contributed by atoms with Gasteiger partial charge in [0, 0.05) is 24.6 Å². The summed E-state index contributed by atoms with van der Waals surface area (Å²) in [7, 11) is 0. The predicted molar refractivity (Wildman–Crippen MR) is 49.9 cm³/mol. The van der Waals surface area contributed by atoms with Crippen LogP contribution in [0.4, 0.5) is 4.79 Å². The fourth-order valence-corrected chi connectivity index (χ4v) is 1.93. The zero-order valence-corrected chi connectivity index (χ0v) is 7.97. The number of carbonyl (C=O) groups excluding carboxylic acids is 1. The minimum absolute atomic E-state index is 0.275. The molecule has 0 aliphatic carbocycles. The van der Waals surface area contributed by atoms with E-state index in [-0.39, 0.29) is 12.6 Å². The molecule has 13 heavy (non-hydrogen) atoms. The number of rotatable bonds is 2. The van der Waals surface area contributed by atoms with Crippen LogP contribution in [0, 0.1) is 0 Å². The molecule has 0 aromatic rings. The number of urea groups is 1. The minimum Gasteiger partial charge on any atom is -0.480 e. The number of carboxylic acids is 1. The number of thioether (sulfide) groups is 1. The third kappa shape index (κ3) is 3.54. The standard InChI is InChI=1S/C7H12N2O3S/c10-6(11)5-8-7(12)9-1-3-13-4-2-9/h1-5H2,(H,8,12)(H,10,11). The Bertz CT molecular complexity index is 204. The Morgan fingerprint density at radius 1 is 1.38 bits per heavy atom. The lowest BCUT2D eigenvalue weighted by atomic mass is 10.5. The first-order valence-electron chi connectivity index (χ1n) is 4.02. The molecular formula is C7H12N2O3S. The van der Waals surface area contributed by atoms with Gasteiger partial charge in [-0.1, -0.05) is 0 Å². The second kappa shape index (κ2) is 4.96. The fourth-order valence-electron chi connectivity index (χ4n) is 1.03. The van der Waals surface area contributed by atoms with E-state index in [2.05, 4.69) is 5.32 Å². The zero-order chi connectivity index (χ0) is 9.68. The summed E-state index contributed by atoms with van der Waals surface area (Å²) in [6, 6.07) is -0.275. The Balaban J connectivity index is 2.25. The third-order valence-corrected chi connectivity index (χ3v) is 2.63. The molecule has 0 radical (unpaired) electrons. The molecule has 1 rings (SSSR count). The minimum atomic E-state index is -1.01. The number of aliphatic carboxylic acids is 1. The molecule has 0 saturated carbocycles. The van der Waals surface area contributed by atoms with Gasteiger partial charge in [-0.3, -0.25) is 4.79 Å². The molecule has 74 valence electrons. The Hall–Kier alpha value is -0.910. The Morgan fingerprint density at radius 2 is 2.00 bits per heavy atom. The van der Waals surface area contributed by atoms with Crippen molar-refractivity contribution in [1.82, 2.24) is 10.2 Å². The first-order chi connectivity index (χ1) is 6.20. The molecule has 1 saturated heterocycles. The first kappa shape index (κ1) is 10.2. The van der Waals surface area contributed by atoms with Gasteiger partial charge in [0.25, 0.3) is 0 Å². The van der Waals surface area contributed by atoms with Crippen molar-refractivity contribution < 1.29 is 14.7 Å². The van der Waals surface area contributed by atoms with E-state index in [0.717, 1.165) is 11.5 Å². The van der Waals surface area contributed by atoms with Crippen molar-refractivity contribution in [2.45, 2.75) is 0 Å². The van der Waals surface area contributed by atoms with Crippen LogP contribution < -0.4 is 5.32 Å². The van der Waals surface area contributed by atoms with Crippen molar-refractivity contribution in [3.05, 3.63) is 0 Å². The highest BCUT2D eigenvalue weighted by Crippen LogP contribution is 2.08. The molecule has 0 bridgehead atoms. The first-order valence-corrected chi connectivity index (χ1v) is 5.18. The van der Waals surface area contributed by atoms with Crippen molar-refractivity contribution >= 4 is 23.8 Å². The van der Waals surface area contributed by atoms with Crippen LogP contribution in [0.15, 0.2) is 0 Å². The van der Waals surface area contributed by atoms with Gasteiger partial charge >= 0.3 is 12.0 Å². The van der Waals surface area contributed by atoms with E-state index in [1.165, 1.54) is 0 Å². The van der Waals surface area contributed by atoms with E-state index in [1.54, 1.807) is 16.7 Å². The predicted octanol–water partition coefficient (Wildman–Crippen LogP) is -0.171. The number of nitrogens with zero attached hydrogens (tertiary/aromatic N) is 1. The van der Waals surface area contributed by atoms with E-state index >= 15 is 0 Å². The normalized spacial score (nSPS) is 16.8. The van der Waals surface area contributed by atoms with E-state index in [9.17, 15) is 9.59 Å². The number of carbonyl (C=O) groups is 2. The highest BCUT2D eigenvalue weighted by atomic mass is 32.2. The molecule has 0 spiro atoms. The molecule has 1 aliphatic rings. The Morgan fingerprint density at radius 3 is 2.54 bits per heavy atom. The maximum absolute atomic E-state index is 11.2. The lowest BCUT2D eigenvalue weighted by Crippen LogP contribution is -2.45. The SMILES string of the molecule is O=C(O)CNC(=O)N1CCSCC1. The van der Waals surface area contributed by atoms with Crippen LogP contribution in [-0.4, -0.2) is 53.1 Å². The molecule has 1 heterocycles. The molecule has 5 nitrogen and oxygen atoms in total. The van der Waals surface area contributed by atoms with Crippen LogP contribution in [0.2, 0.25) is 0 Å². The molecule has 2 N–H and O–H groups in total. The molecular weight excluding hydrogens is 192 g/mol. The van der Waals surface area contributed by atoms with Crippen LogP contribution in [0.3, 0.4) is 0 Å². The summed E-state index contributed by atoms with van der Waals surface area (Å²) < 4.78 is 0. The molecule has 1 aliphatic heterocycles. The van der Waals surface area contributed by atoms with Gasteiger partial charge in [0.1, 0.15) is 6.54 Å². The van der Waals surface area contributed by atoms with Gasteiger partial charge in [-0.05, 0) is 0 Å². The van der Waals surface area contributed by atoms with Crippen molar-refractivity contribution in [2.24, 2.45) is 0 Å². The van der Waals surface area contributed by atoms with Gasteiger partial charge in [-0.25, -0.2) is 4.79 Å². The number of amides is 2. The number of hydrogen-bond donors (Lipinski definition) is 2. The third-order valence-electron chi connectivity index (χ3n) is 1.69.